The van der Waals surface area contributed by atoms with Gasteiger partial charge in [0.1, 0.15) is 0 Å². The first kappa shape index (κ1) is 14.7. The Bertz CT molecular complexity index is 410. The zero-order chi connectivity index (χ0) is 14.2. The Morgan fingerprint density at radius 1 is 1.15 bits per heavy atom. The van der Waals surface area contributed by atoms with Gasteiger partial charge in [0.05, 0.1) is 0 Å². The molecule has 4 nitrogen and oxygen atoms in total. The van der Waals surface area contributed by atoms with Gasteiger partial charge in [0.15, 0.2) is 0 Å². The highest BCUT2D eigenvalue weighted by atomic mass is 16.1. The summed E-state index contributed by atoms with van der Waals surface area (Å²) in [5, 5.41) is 6.17. The monoisotopic (exact) mass is 275 g/mol. The van der Waals surface area contributed by atoms with Gasteiger partial charge < -0.3 is 15.5 Å². The van der Waals surface area contributed by atoms with Crippen molar-refractivity contribution >= 4 is 17.3 Å². The van der Waals surface area contributed by atoms with Crippen molar-refractivity contribution in [2.75, 3.05) is 36.4 Å². The summed E-state index contributed by atoms with van der Waals surface area (Å²) >= 11 is 0. The van der Waals surface area contributed by atoms with Crippen LogP contribution < -0.4 is 15.5 Å². The number of rotatable bonds is 7. The topological polar surface area (TPSA) is 44.4 Å². The van der Waals surface area contributed by atoms with E-state index in [1.165, 1.54) is 31.6 Å². The van der Waals surface area contributed by atoms with Crippen LogP contribution in [-0.4, -0.2) is 32.1 Å². The number of carbonyl (C=O) groups is 1. The fourth-order valence-corrected chi connectivity index (χ4v) is 2.44. The highest BCUT2D eigenvalue weighted by Gasteiger charge is 2.11. The van der Waals surface area contributed by atoms with Crippen LogP contribution in [0.25, 0.3) is 0 Å². The quantitative estimate of drug-likeness (QED) is 0.804. The molecule has 0 radical (unpaired) electrons. The summed E-state index contributed by atoms with van der Waals surface area (Å²) in [6.07, 6.45) is 4.10. The minimum Gasteiger partial charge on any atom is -0.385 e. The van der Waals surface area contributed by atoms with Crippen molar-refractivity contribution in [2.24, 2.45) is 0 Å². The molecule has 0 unspecified atom stereocenters. The average Bonchev–Trinajstić information content (AvgIpc) is 3.00. The first-order valence-corrected chi connectivity index (χ1v) is 7.65. The van der Waals surface area contributed by atoms with E-state index in [1.807, 2.05) is 0 Å². The summed E-state index contributed by atoms with van der Waals surface area (Å²) in [4.78, 5) is 13.9. The molecule has 2 rings (SSSR count). The van der Waals surface area contributed by atoms with E-state index in [-0.39, 0.29) is 5.91 Å². The summed E-state index contributed by atoms with van der Waals surface area (Å²) in [7, 11) is 0. The Morgan fingerprint density at radius 2 is 1.85 bits per heavy atom. The van der Waals surface area contributed by atoms with Gasteiger partial charge in [-0.05, 0) is 43.5 Å². The van der Waals surface area contributed by atoms with Crippen LogP contribution in [0.1, 0.15) is 32.6 Å². The number of hydrogen-bond acceptors (Lipinski definition) is 3. The third kappa shape index (κ3) is 4.44. The van der Waals surface area contributed by atoms with Gasteiger partial charge in [-0.15, -0.1) is 0 Å². The smallest absolute Gasteiger partial charge is 0.221 e. The second-order valence-electron chi connectivity index (χ2n) is 5.27. The van der Waals surface area contributed by atoms with E-state index in [0.29, 0.717) is 13.0 Å². The Morgan fingerprint density at radius 3 is 2.50 bits per heavy atom. The van der Waals surface area contributed by atoms with E-state index in [2.05, 4.69) is 46.7 Å². The summed E-state index contributed by atoms with van der Waals surface area (Å²) in [6.45, 7) is 5.84. The highest BCUT2D eigenvalue weighted by molar-refractivity contribution is 5.76. The van der Waals surface area contributed by atoms with Crippen LogP contribution in [0.2, 0.25) is 0 Å². The van der Waals surface area contributed by atoms with Gasteiger partial charge in [-0.3, -0.25) is 4.79 Å². The SMILES string of the molecule is CCCNC(=O)CCNc1ccc(N2CCCC2)cc1. The van der Waals surface area contributed by atoms with Gasteiger partial charge in [0.25, 0.3) is 0 Å². The molecule has 1 aliphatic rings. The fraction of sp³-hybridized carbons (Fsp3) is 0.562. The van der Waals surface area contributed by atoms with Gasteiger partial charge in [0.2, 0.25) is 5.91 Å². The fourth-order valence-electron chi connectivity index (χ4n) is 2.44. The maximum absolute atomic E-state index is 11.5. The van der Waals surface area contributed by atoms with Crippen molar-refractivity contribution < 1.29 is 4.79 Å². The van der Waals surface area contributed by atoms with E-state index in [0.717, 1.165) is 18.7 Å². The highest BCUT2D eigenvalue weighted by Crippen LogP contribution is 2.21. The molecule has 0 aliphatic carbocycles. The Hall–Kier alpha value is -1.71. The van der Waals surface area contributed by atoms with Crippen LogP contribution in [0.5, 0.6) is 0 Å². The molecule has 1 heterocycles. The first-order chi connectivity index (χ1) is 9.79. The van der Waals surface area contributed by atoms with Crippen LogP contribution in [-0.2, 0) is 4.79 Å². The second-order valence-corrected chi connectivity index (χ2v) is 5.27. The predicted octanol–water partition coefficient (Wildman–Crippen LogP) is 2.62. The molecule has 0 bridgehead atoms. The standard InChI is InChI=1S/C16H25N3O/c1-2-10-18-16(20)9-11-17-14-5-7-15(8-6-14)19-12-3-4-13-19/h5-8,17H,2-4,9-13H2,1H3,(H,18,20). The lowest BCUT2D eigenvalue weighted by Crippen LogP contribution is -2.25. The molecule has 1 aliphatic heterocycles. The van der Waals surface area contributed by atoms with E-state index >= 15 is 0 Å². The van der Waals surface area contributed by atoms with Crippen LogP contribution >= 0.6 is 0 Å². The molecule has 1 aromatic rings. The third-order valence-electron chi connectivity index (χ3n) is 3.59. The minimum absolute atomic E-state index is 0.119. The zero-order valence-electron chi connectivity index (χ0n) is 12.3. The van der Waals surface area contributed by atoms with Gasteiger partial charge in [0, 0.05) is 44.0 Å². The van der Waals surface area contributed by atoms with Gasteiger partial charge in [-0.2, -0.15) is 0 Å². The summed E-state index contributed by atoms with van der Waals surface area (Å²) in [5.41, 5.74) is 2.38. The molecule has 0 saturated carbocycles. The van der Waals surface area contributed by atoms with Gasteiger partial charge in [-0.25, -0.2) is 0 Å². The Labute approximate surface area is 121 Å². The number of amides is 1. The first-order valence-electron chi connectivity index (χ1n) is 7.65. The average molecular weight is 275 g/mol. The summed E-state index contributed by atoms with van der Waals surface area (Å²) < 4.78 is 0. The van der Waals surface area contributed by atoms with Crippen molar-refractivity contribution in [3.63, 3.8) is 0 Å². The lowest BCUT2D eigenvalue weighted by Gasteiger charge is -2.18. The zero-order valence-corrected chi connectivity index (χ0v) is 12.3. The number of nitrogens with one attached hydrogen (secondary N) is 2. The minimum atomic E-state index is 0.119. The molecule has 0 atom stereocenters. The lowest BCUT2D eigenvalue weighted by molar-refractivity contribution is -0.120. The van der Waals surface area contributed by atoms with Crippen LogP contribution in [0, 0.1) is 0 Å². The number of benzene rings is 1. The Balaban J connectivity index is 1.72. The van der Waals surface area contributed by atoms with E-state index in [9.17, 15) is 4.79 Å². The molecule has 2 N–H and O–H groups in total. The predicted molar refractivity (Wildman–Crippen MR) is 84.3 cm³/mol. The van der Waals surface area contributed by atoms with Crippen molar-refractivity contribution in [1.29, 1.82) is 0 Å². The molecule has 1 amide bonds. The van der Waals surface area contributed by atoms with Crippen molar-refractivity contribution in [3.8, 4) is 0 Å². The van der Waals surface area contributed by atoms with E-state index in [1.54, 1.807) is 0 Å². The van der Waals surface area contributed by atoms with Crippen molar-refractivity contribution in [2.45, 2.75) is 32.6 Å². The lowest BCUT2D eigenvalue weighted by atomic mass is 10.2. The third-order valence-corrected chi connectivity index (χ3v) is 3.59. The van der Waals surface area contributed by atoms with Crippen LogP contribution in [0.4, 0.5) is 11.4 Å². The summed E-state index contributed by atoms with van der Waals surface area (Å²) in [6, 6.07) is 8.50. The molecule has 1 aromatic carbocycles. The summed E-state index contributed by atoms with van der Waals surface area (Å²) in [5.74, 6) is 0.119. The van der Waals surface area contributed by atoms with E-state index < -0.39 is 0 Å². The number of anilines is 2. The van der Waals surface area contributed by atoms with Gasteiger partial charge >= 0.3 is 0 Å². The molecule has 0 aromatic heterocycles. The van der Waals surface area contributed by atoms with Crippen LogP contribution in [0.3, 0.4) is 0 Å². The van der Waals surface area contributed by atoms with Crippen molar-refractivity contribution in [1.82, 2.24) is 5.32 Å². The molecule has 4 heteroatoms. The number of hydrogen-bond donors (Lipinski definition) is 2. The molecule has 0 spiro atoms. The maximum Gasteiger partial charge on any atom is 0.221 e. The van der Waals surface area contributed by atoms with Gasteiger partial charge in [-0.1, -0.05) is 6.92 Å². The number of nitrogens with zero attached hydrogens (tertiary/aromatic N) is 1. The molecule has 20 heavy (non-hydrogen) atoms. The normalized spacial score (nSPS) is 14.3. The molecule has 1 saturated heterocycles. The van der Waals surface area contributed by atoms with Crippen LogP contribution in [0.15, 0.2) is 24.3 Å². The van der Waals surface area contributed by atoms with Crippen molar-refractivity contribution in [3.05, 3.63) is 24.3 Å². The Kier molecular flexibility index (Phi) is 5.71. The molecule has 110 valence electrons. The second kappa shape index (κ2) is 7.78. The molecular formula is C16H25N3O. The molecule has 1 fully saturated rings. The molecular weight excluding hydrogens is 250 g/mol. The maximum atomic E-state index is 11.5. The largest absolute Gasteiger partial charge is 0.385 e. The van der Waals surface area contributed by atoms with E-state index in [4.69, 9.17) is 0 Å². The number of carbonyl (C=O) groups excluding carboxylic acids is 1.